The Bertz CT molecular complexity index is 584. The molecule has 0 bridgehead atoms. The molecule has 3 nitrogen and oxygen atoms in total. The topological polar surface area (TPSA) is 38.7 Å². The second-order valence-corrected chi connectivity index (χ2v) is 4.01. The van der Waals surface area contributed by atoms with Crippen LogP contribution in [-0.2, 0) is 0 Å². The normalized spacial score (nSPS) is 10.7. The van der Waals surface area contributed by atoms with Crippen molar-refractivity contribution < 1.29 is 0 Å². The van der Waals surface area contributed by atoms with Crippen molar-refractivity contribution in [2.24, 2.45) is 0 Å². The highest BCUT2D eigenvalue weighted by Crippen LogP contribution is 2.26. The molecule has 1 aromatic carbocycles. The van der Waals surface area contributed by atoms with Crippen LogP contribution in [0.2, 0.25) is 0 Å². The molecule has 0 fully saturated rings. The van der Waals surface area contributed by atoms with Crippen LogP contribution in [0.25, 0.3) is 21.5 Å². The fourth-order valence-corrected chi connectivity index (χ4v) is 2.16. The van der Waals surface area contributed by atoms with E-state index in [0.29, 0.717) is 0 Å². The molecule has 0 N–H and O–H groups in total. The van der Waals surface area contributed by atoms with Crippen molar-refractivity contribution in [3.8, 4) is 10.7 Å². The number of hydrogen-bond donors (Lipinski definition) is 0. The van der Waals surface area contributed by atoms with E-state index in [1.807, 2.05) is 29.6 Å². The number of benzene rings is 1. The van der Waals surface area contributed by atoms with Crippen LogP contribution in [-0.4, -0.2) is 15.2 Å². The molecule has 4 heteroatoms. The van der Waals surface area contributed by atoms with Gasteiger partial charge in [-0.2, -0.15) is 5.10 Å². The Balaban J connectivity index is 2.36. The van der Waals surface area contributed by atoms with Gasteiger partial charge < -0.3 is 0 Å². The first-order valence-corrected chi connectivity index (χ1v) is 5.43. The minimum atomic E-state index is 0.864. The molecule has 0 spiro atoms. The summed E-state index contributed by atoms with van der Waals surface area (Å²) in [6.45, 7) is 0. The Kier molecular flexibility index (Phi) is 1.93. The van der Waals surface area contributed by atoms with Crippen LogP contribution < -0.4 is 0 Å². The molecular formula is C11H7N3S. The van der Waals surface area contributed by atoms with Gasteiger partial charge in [-0.25, -0.2) is 4.98 Å². The summed E-state index contributed by atoms with van der Waals surface area (Å²) < 4.78 is 0. The van der Waals surface area contributed by atoms with Crippen LogP contribution in [0.15, 0.2) is 42.0 Å². The van der Waals surface area contributed by atoms with Crippen molar-refractivity contribution in [3.05, 3.63) is 42.0 Å². The Hall–Kier alpha value is -1.81. The van der Waals surface area contributed by atoms with Gasteiger partial charge >= 0.3 is 0 Å². The van der Waals surface area contributed by atoms with Gasteiger partial charge in [0.1, 0.15) is 10.7 Å². The third kappa shape index (κ3) is 1.39. The standard InChI is InChI=1S/C11H7N3S/c1-2-4-9-8(3-1)7-13-14-10(9)11-12-5-6-15-11/h1-7H. The molecule has 2 heterocycles. The van der Waals surface area contributed by atoms with E-state index < -0.39 is 0 Å². The predicted octanol–water partition coefficient (Wildman–Crippen LogP) is 2.75. The molecule has 0 atom stereocenters. The van der Waals surface area contributed by atoms with Gasteiger partial charge in [-0.15, -0.1) is 16.4 Å². The van der Waals surface area contributed by atoms with E-state index in [9.17, 15) is 0 Å². The highest BCUT2D eigenvalue weighted by Gasteiger charge is 2.07. The monoisotopic (exact) mass is 213 g/mol. The number of aromatic nitrogens is 3. The van der Waals surface area contributed by atoms with Crippen molar-refractivity contribution in [2.75, 3.05) is 0 Å². The van der Waals surface area contributed by atoms with E-state index in [4.69, 9.17) is 0 Å². The molecule has 0 unspecified atom stereocenters. The minimum absolute atomic E-state index is 0.864. The molecule has 0 aliphatic heterocycles. The van der Waals surface area contributed by atoms with E-state index >= 15 is 0 Å². The SMILES string of the molecule is c1ccc2c(-c3nccs3)nncc2c1. The fraction of sp³-hybridized carbons (Fsp3) is 0. The van der Waals surface area contributed by atoms with Crippen molar-refractivity contribution in [3.63, 3.8) is 0 Å². The lowest BCUT2D eigenvalue weighted by atomic mass is 10.1. The molecule has 0 amide bonds. The lowest BCUT2D eigenvalue weighted by Gasteiger charge is -2.00. The average molecular weight is 213 g/mol. The van der Waals surface area contributed by atoms with Crippen LogP contribution in [0.4, 0.5) is 0 Å². The lowest BCUT2D eigenvalue weighted by molar-refractivity contribution is 1.05. The molecule has 2 aromatic heterocycles. The average Bonchev–Trinajstić information content (AvgIpc) is 2.82. The predicted molar refractivity (Wildman–Crippen MR) is 60.6 cm³/mol. The van der Waals surface area contributed by atoms with Gasteiger partial charge in [0.15, 0.2) is 0 Å². The highest BCUT2D eigenvalue weighted by atomic mass is 32.1. The second kappa shape index (κ2) is 3.40. The van der Waals surface area contributed by atoms with Crippen LogP contribution >= 0.6 is 11.3 Å². The first kappa shape index (κ1) is 8.49. The first-order chi connectivity index (χ1) is 7.45. The maximum absolute atomic E-state index is 4.25. The molecule has 0 saturated carbocycles. The molecule has 72 valence electrons. The minimum Gasteiger partial charge on any atom is -0.243 e. The second-order valence-electron chi connectivity index (χ2n) is 3.12. The Morgan fingerprint density at radius 1 is 1.13 bits per heavy atom. The summed E-state index contributed by atoms with van der Waals surface area (Å²) >= 11 is 1.58. The van der Waals surface area contributed by atoms with Gasteiger partial charge in [0, 0.05) is 22.3 Å². The number of nitrogens with zero attached hydrogens (tertiary/aromatic N) is 3. The fourth-order valence-electron chi connectivity index (χ4n) is 1.53. The van der Waals surface area contributed by atoms with E-state index in [1.165, 1.54) is 0 Å². The summed E-state index contributed by atoms with van der Waals surface area (Å²) in [5.41, 5.74) is 0.864. The van der Waals surface area contributed by atoms with Gasteiger partial charge in [0.25, 0.3) is 0 Å². The molecule has 3 aromatic rings. The smallest absolute Gasteiger partial charge is 0.144 e. The molecule has 0 saturated heterocycles. The summed E-state index contributed by atoms with van der Waals surface area (Å²) in [5, 5.41) is 13.2. The highest BCUT2D eigenvalue weighted by molar-refractivity contribution is 7.13. The molecular weight excluding hydrogens is 206 g/mol. The molecule has 0 aliphatic rings. The third-order valence-corrected chi connectivity index (χ3v) is 2.99. The quantitative estimate of drug-likeness (QED) is 0.624. The van der Waals surface area contributed by atoms with Crippen molar-refractivity contribution >= 4 is 22.1 Å². The van der Waals surface area contributed by atoms with E-state index in [1.54, 1.807) is 23.7 Å². The zero-order valence-corrected chi connectivity index (χ0v) is 8.61. The maximum Gasteiger partial charge on any atom is 0.144 e. The van der Waals surface area contributed by atoms with E-state index in [2.05, 4.69) is 15.2 Å². The van der Waals surface area contributed by atoms with Crippen LogP contribution in [0.5, 0.6) is 0 Å². The molecule has 3 rings (SSSR count). The van der Waals surface area contributed by atoms with Crippen LogP contribution in [0, 0.1) is 0 Å². The Morgan fingerprint density at radius 3 is 2.93 bits per heavy atom. The molecule has 0 radical (unpaired) electrons. The zero-order valence-electron chi connectivity index (χ0n) is 7.79. The number of hydrogen-bond acceptors (Lipinski definition) is 4. The van der Waals surface area contributed by atoms with E-state index in [-0.39, 0.29) is 0 Å². The largest absolute Gasteiger partial charge is 0.243 e. The number of thiazole rings is 1. The maximum atomic E-state index is 4.25. The number of fused-ring (bicyclic) bond motifs is 1. The van der Waals surface area contributed by atoms with Gasteiger partial charge in [-0.05, 0) is 0 Å². The lowest BCUT2D eigenvalue weighted by Crippen LogP contribution is -1.88. The summed E-state index contributed by atoms with van der Waals surface area (Å²) in [6.07, 6.45) is 3.55. The number of rotatable bonds is 1. The van der Waals surface area contributed by atoms with Gasteiger partial charge in [0.05, 0.1) is 6.20 Å². The molecule has 15 heavy (non-hydrogen) atoms. The van der Waals surface area contributed by atoms with Gasteiger partial charge in [0.2, 0.25) is 0 Å². The molecule has 0 aliphatic carbocycles. The van der Waals surface area contributed by atoms with Crippen LogP contribution in [0.1, 0.15) is 0 Å². The van der Waals surface area contributed by atoms with Crippen molar-refractivity contribution in [1.82, 2.24) is 15.2 Å². The van der Waals surface area contributed by atoms with Gasteiger partial charge in [-0.1, -0.05) is 24.3 Å². The first-order valence-electron chi connectivity index (χ1n) is 4.55. The summed E-state index contributed by atoms with van der Waals surface area (Å²) in [5.74, 6) is 0. The summed E-state index contributed by atoms with van der Waals surface area (Å²) in [7, 11) is 0. The van der Waals surface area contributed by atoms with Crippen LogP contribution in [0.3, 0.4) is 0 Å². The Labute approximate surface area is 90.4 Å². The van der Waals surface area contributed by atoms with Crippen molar-refractivity contribution in [2.45, 2.75) is 0 Å². The third-order valence-electron chi connectivity index (χ3n) is 2.21. The van der Waals surface area contributed by atoms with E-state index in [0.717, 1.165) is 21.5 Å². The Morgan fingerprint density at radius 2 is 2.07 bits per heavy atom. The van der Waals surface area contributed by atoms with Gasteiger partial charge in [-0.3, -0.25) is 0 Å². The zero-order chi connectivity index (χ0) is 10.1. The van der Waals surface area contributed by atoms with Crippen molar-refractivity contribution in [1.29, 1.82) is 0 Å². The summed E-state index contributed by atoms with van der Waals surface area (Å²) in [4.78, 5) is 4.25. The summed E-state index contributed by atoms with van der Waals surface area (Å²) in [6, 6.07) is 8.07.